The van der Waals surface area contributed by atoms with Crippen LogP contribution in [-0.2, 0) is 14.8 Å². The lowest BCUT2D eigenvalue weighted by molar-refractivity contribution is -0.120. The van der Waals surface area contributed by atoms with Gasteiger partial charge in [0.15, 0.2) is 5.78 Å². The normalized spacial score (nSPS) is 17.8. The van der Waals surface area contributed by atoms with Crippen LogP contribution in [-0.4, -0.2) is 50.6 Å². The number of rotatable bonds is 6. The van der Waals surface area contributed by atoms with Crippen LogP contribution in [0.4, 0.5) is 15.8 Å². The fraction of sp³-hybridized carbons (Fsp3) is 0.417. The summed E-state index contributed by atoms with van der Waals surface area (Å²) in [4.78, 5) is 26.7. The van der Waals surface area contributed by atoms with Gasteiger partial charge < -0.3 is 10.2 Å². The predicted octanol–water partition coefficient (Wildman–Crippen LogP) is 3.67. The lowest BCUT2D eigenvalue weighted by atomic mass is 9.97. The number of anilines is 2. The summed E-state index contributed by atoms with van der Waals surface area (Å²) in [5, 5.41) is 2.77. The summed E-state index contributed by atoms with van der Waals surface area (Å²) in [6, 6.07) is 10.8. The van der Waals surface area contributed by atoms with Gasteiger partial charge in [-0.2, -0.15) is 4.31 Å². The van der Waals surface area contributed by atoms with Gasteiger partial charge in [0, 0.05) is 37.7 Å². The molecule has 2 saturated heterocycles. The Kier molecular flexibility index (Phi) is 6.81. The van der Waals surface area contributed by atoms with Crippen LogP contribution in [0.25, 0.3) is 0 Å². The highest BCUT2D eigenvalue weighted by Crippen LogP contribution is 2.33. The van der Waals surface area contributed by atoms with E-state index in [-0.39, 0.29) is 35.4 Å². The zero-order valence-corrected chi connectivity index (χ0v) is 19.4. The van der Waals surface area contributed by atoms with Gasteiger partial charge >= 0.3 is 0 Å². The molecule has 0 aromatic heterocycles. The molecule has 1 amide bonds. The minimum atomic E-state index is -3.77. The average molecular weight is 474 g/mol. The van der Waals surface area contributed by atoms with E-state index in [2.05, 4.69) is 10.2 Å². The molecule has 9 heteroatoms. The number of hydrogen-bond donors (Lipinski definition) is 1. The number of carbonyl (C=O) groups excluding carboxylic acids is 2. The van der Waals surface area contributed by atoms with Crippen molar-refractivity contribution in [3.05, 3.63) is 53.8 Å². The number of nitrogens with one attached hydrogen (secondary N) is 1. The van der Waals surface area contributed by atoms with Crippen LogP contribution in [0.5, 0.6) is 0 Å². The lowest BCUT2D eigenvalue weighted by Crippen LogP contribution is -2.41. The van der Waals surface area contributed by atoms with Crippen molar-refractivity contribution in [2.75, 3.05) is 36.4 Å². The number of halogens is 1. The molecule has 4 rings (SSSR count). The van der Waals surface area contributed by atoms with E-state index >= 15 is 0 Å². The fourth-order valence-electron chi connectivity index (χ4n) is 4.47. The summed E-state index contributed by atoms with van der Waals surface area (Å²) in [6.45, 7) is 3.41. The molecule has 2 fully saturated rings. The molecule has 0 radical (unpaired) electrons. The molecule has 0 unspecified atom stereocenters. The molecular weight excluding hydrogens is 445 g/mol. The molecule has 0 saturated carbocycles. The fourth-order valence-corrected chi connectivity index (χ4v) is 5.98. The van der Waals surface area contributed by atoms with Gasteiger partial charge in [0.05, 0.1) is 10.6 Å². The monoisotopic (exact) mass is 473 g/mol. The highest BCUT2D eigenvalue weighted by atomic mass is 32.2. The van der Waals surface area contributed by atoms with E-state index in [4.69, 9.17) is 0 Å². The maximum Gasteiger partial charge on any atom is 0.243 e. The number of para-hydroxylation sites is 1. The smallest absolute Gasteiger partial charge is 0.243 e. The summed E-state index contributed by atoms with van der Waals surface area (Å²) in [6.07, 6.45) is 2.74. The van der Waals surface area contributed by atoms with E-state index in [1.54, 1.807) is 18.2 Å². The number of ketones is 1. The topological polar surface area (TPSA) is 86.8 Å². The molecule has 176 valence electrons. The molecule has 0 spiro atoms. The first-order valence-electron chi connectivity index (χ1n) is 11.2. The second-order valence-electron chi connectivity index (χ2n) is 8.58. The maximum absolute atomic E-state index is 14.6. The SMILES string of the molecule is CC(=O)c1cccc(S(=O)(=O)N2CCC(C(=O)Nc3c(F)cccc3N3CCCC3)CC2)c1. The maximum atomic E-state index is 14.6. The largest absolute Gasteiger partial charge is 0.370 e. The molecule has 2 aliphatic rings. The molecule has 0 bridgehead atoms. The van der Waals surface area contributed by atoms with Gasteiger partial charge in [0.25, 0.3) is 0 Å². The third-order valence-electron chi connectivity index (χ3n) is 6.39. The number of sulfonamides is 1. The molecule has 2 aliphatic heterocycles. The minimum Gasteiger partial charge on any atom is -0.370 e. The van der Waals surface area contributed by atoms with Gasteiger partial charge in [-0.3, -0.25) is 9.59 Å². The van der Waals surface area contributed by atoms with E-state index in [1.807, 2.05) is 6.07 Å². The first kappa shape index (κ1) is 23.4. The third kappa shape index (κ3) is 4.94. The van der Waals surface area contributed by atoms with Gasteiger partial charge in [-0.15, -0.1) is 0 Å². The van der Waals surface area contributed by atoms with Crippen LogP contribution in [0.15, 0.2) is 47.4 Å². The summed E-state index contributed by atoms with van der Waals surface area (Å²) in [5.74, 6) is -1.38. The van der Waals surface area contributed by atoms with Crippen molar-refractivity contribution in [3.8, 4) is 0 Å². The van der Waals surface area contributed by atoms with Crippen LogP contribution in [0.1, 0.15) is 43.0 Å². The number of nitrogens with zero attached hydrogens (tertiary/aromatic N) is 2. The van der Waals surface area contributed by atoms with Crippen molar-refractivity contribution in [2.45, 2.75) is 37.5 Å². The first-order valence-corrected chi connectivity index (χ1v) is 12.7. The number of piperidine rings is 1. The Morgan fingerprint density at radius 1 is 1.00 bits per heavy atom. The van der Waals surface area contributed by atoms with E-state index in [0.29, 0.717) is 24.1 Å². The van der Waals surface area contributed by atoms with Crippen LogP contribution >= 0.6 is 0 Å². The zero-order valence-electron chi connectivity index (χ0n) is 18.6. The average Bonchev–Trinajstić information content (AvgIpc) is 3.35. The molecule has 0 atom stereocenters. The number of hydrogen-bond acceptors (Lipinski definition) is 5. The molecule has 33 heavy (non-hydrogen) atoms. The van der Waals surface area contributed by atoms with Gasteiger partial charge in [0.2, 0.25) is 15.9 Å². The number of benzene rings is 2. The standard InChI is InChI=1S/C24H28FN3O4S/c1-17(29)19-6-4-7-20(16-19)33(31,32)28-14-10-18(11-15-28)24(30)26-23-21(25)8-5-9-22(23)27-12-2-3-13-27/h4-9,16,18H,2-3,10-15H2,1H3,(H,26,30). The Morgan fingerprint density at radius 2 is 1.67 bits per heavy atom. The number of carbonyl (C=O) groups is 2. The summed E-state index contributed by atoms with van der Waals surface area (Å²) >= 11 is 0. The highest BCUT2D eigenvalue weighted by Gasteiger charge is 2.33. The Balaban J connectivity index is 1.43. The highest BCUT2D eigenvalue weighted by molar-refractivity contribution is 7.89. The van der Waals surface area contributed by atoms with Gasteiger partial charge in [0.1, 0.15) is 11.5 Å². The van der Waals surface area contributed by atoms with Crippen LogP contribution in [0.2, 0.25) is 0 Å². The van der Waals surface area contributed by atoms with E-state index < -0.39 is 21.8 Å². The Labute approximate surface area is 193 Å². The Morgan fingerprint density at radius 3 is 2.33 bits per heavy atom. The minimum absolute atomic E-state index is 0.0692. The van der Waals surface area contributed by atoms with Crippen molar-refractivity contribution < 1.29 is 22.4 Å². The predicted molar refractivity (Wildman–Crippen MR) is 124 cm³/mol. The second kappa shape index (κ2) is 9.61. The number of Topliss-reactive ketones (excluding diaryl/α,β-unsaturated/α-hetero) is 1. The summed E-state index contributed by atoms with van der Waals surface area (Å²) in [7, 11) is -3.77. The van der Waals surface area contributed by atoms with Crippen molar-refractivity contribution in [1.29, 1.82) is 0 Å². The Hall–Kier alpha value is -2.78. The zero-order chi connectivity index (χ0) is 23.6. The third-order valence-corrected chi connectivity index (χ3v) is 8.28. The van der Waals surface area contributed by atoms with E-state index in [9.17, 15) is 22.4 Å². The van der Waals surface area contributed by atoms with Gasteiger partial charge in [-0.1, -0.05) is 18.2 Å². The van der Waals surface area contributed by atoms with Crippen LogP contribution in [0.3, 0.4) is 0 Å². The lowest BCUT2D eigenvalue weighted by Gasteiger charge is -2.31. The van der Waals surface area contributed by atoms with Crippen molar-refractivity contribution in [3.63, 3.8) is 0 Å². The van der Waals surface area contributed by atoms with Crippen LogP contribution in [0, 0.1) is 11.7 Å². The van der Waals surface area contributed by atoms with E-state index in [0.717, 1.165) is 25.9 Å². The van der Waals surface area contributed by atoms with Crippen LogP contribution < -0.4 is 10.2 Å². The molecule has 1 N–H and O–H groups in total. The summed E-state index contributed by atoms with van der Waals surface area (Å²) in [5.41, 5.74) is 1.22. The Bertz CT molecular complexity index is 1150. The van der Waals surface area contributed by atoms with Crippen molar-refractivity contribution in [1.82, 2.24) is 4.31 Å². The molecule has 7 nitrogen and oxygen atoms in total. The molecule has 2 aromatic carbocycles. The molecule has 2 heterocycles. The first-order chi connectivity index (χ1) is 15.8. The van der Waals surface area contributed by atoms with Crippen molar-refractivity contribution >= 4 is 33.1 Å². The quantitative estimate of drug-likeness (QED) is 0.647. The molecular formula is C24H28FN3O4S. The van der Waals surface area contributed by atoms with Gasteiger partial charge in [-0.25, -0.2) is 12.8 Å². The van der Waals surface area contributed by atoms with Gasteiger partial charge in [-0.05, 0) is 56.9 Å². The molecule has 0 aliphatic carbocycles. The second-order valence-corrected chi connectivity index (χ2v) is 10.5. The summed E-state index contributed by atoms with van der Waals surface area (Å²) < 4.78 is 42.0. The van der Waals surface area contributed by atoms with Crippen molar-refractivity contribution in [2.24, 2.45) is 5.92 Å². The molecule has 2 aromatic rings. The number of amides is 1. The van der Waals surface area contributed by atoms with E-state index in [1.165, 1.54) is 29.4 Å².